The summed E-state index contributed by atoms with van der Waals surface area (Å²) in [7, 11) is 0. The van der Waals surface area contributed by atoms with Crippen LogP contribution in [0.5, 0.6) is 0 Å². The molecule has 0 saturated heterocycles. The van der Waals surface area contributed by atoms with Gasteiger partial charge in [0.15, 0.2) is 11.9 Å². The molecule has 0 aromatic heterocycles. The molecule has 5 nitrogen and oxygen atoms in total. The summed E-state index contributed by atoms with van der Waals surface area (Å²) in [5, 5.41) is 3.54. The zero-order chi connectivity index (χ0) is 17.4. The number of carbonyl (C=O) groups is 2. The molecule has 0 radical (unpaired) electrons. The highest BCUT2D eigenvalue weighted by atomic mass is 35.5. The van der Waals surface area contributed by atoms with E-state index in [1.807, 2.05) is 0 Å². The molecule has 1 aromatic rings. The van der Waals surface area contributed by atoms with E-state index in [1.54, 1.807) is 48.6 Å². The van der Waals surface area contributed by atoms with Gasteiger partial charge in [0.2, 0.25) is 0 Å². The molecule has 1 unspecified atom stereocenters. The van der Waals surface area contributed by atoms with E-state index >= 15 is 0 Å². The maximum absolute atomic E-state index is 12.2. The number of nitrogens with zero attached hydrogens (tertiary/aromatic N) is 1. The predicted octanol–water partition coefficient (Wildman–Crippen LogP) is 2.82. The van der Waals surface area contributed by atoms with Gasteiger partial charge in [0.05, 0.1) is 5.71 Å². The second-order valence-electron chi connectivity index (χ2n) is 6.15. The first-order valence-corrected chi connectivity index (χ1v) is 8.44. The molecule has 1 aromatic carbocycles. The molecular weight excluding hydrogens is 340 g/mol. The molecule has 3 aliphatic rings. The van der Waals surface area contributed by atoms with Gasteiger partial charge < -0.3 is 10.1 Å². The van der Waals surface area contributed by atoms with E-state index in [9.17, 15) is 9.59 Å². The summed E-state index contributed by atoms with van der Waals surface area (Å²) in [5.74, 6) is -0.440. The minimum atomic E-state index is -0.464. The minimum absolute atomic E-state index is 0.144. The van der Waals surface area contributed by atoms with Crippen molar-refractivity contribution in [2.45, 2.75) is 25.0 Å². The van der Waals surface area contributed by atoms with Crippen molar-refractivity contribution in [1.82, 2.24) is 5.32 Å². The Balaban J connectivity index is 1.55. The summed E-state index contributed by atoms with van der Waals surface area (Å²) >= 11 is 5.86. The molecule has 1 N–H and O–H groups in total. The van der Waals surface area contributed by atoms with Crippen LogP contribution in [-0.4, -0.2) is 29.7 Å². The second kappa shape index (κ2) is 6.33. The third-order valence-electron chi connectivity index (χ3n) is 4.08. The van der Waals surface area contributed by atoms with Crippen LogP contribution in [0.4, 0.5) is 0 Å². The van der Waals surface area contributed by atoms with Gasteiger partial charge in [-0.1, -0.05) is 23.7 Å². The van der Waals surface area contributed by atoms with Gasteiger partial charge in [-0.25, -0.2) is 4.99 Å². The molecule has 1 atom stereocenters. The van der Waals surface area contributed by atoms with Gasteiger partial charge in [-0.2, -0.15) is 0 Å². The maximum Gasteiger partial charge on any atom is 0.312 e. The van der Waals surface area contributed by atoms with E-state index in [4.69, 9.17) is 16.3 Å². The third-order valence-corrected chi connectivity index (χ3v) is 4.34. The Labute approximate surface area is 149 Å². The number of fused-ring (bicyclic) bond motifs is 1. The fourth-order valence-electron chi connectivity index (χ4n) is 2.58. The zero-order valence-corrected chi connectivity index (χ0v) is 14.0. The molecular formula is C19H15ClN2O3. The molecule has 0 spiro atoms. The molecule has 6 heteroatoms. The van der Waals surface area contributed by atoms with Crippen LogP contribution in [0, 0.1) is 0 Å². The SMILES string of the molecule is O=C(NC1CC1)C1=CC2=NC(=O)/C(=C/c3ccc(Cl)cc3)OC2C=C1. The summed E-state index contributed by atoms with van der Waals surface area (Å²) in [6, 6.07) is 7.35. The molecule has 126 valence electrons. The number of carbonyl (C=O) groups excluding carboxylic acids is 2. The quantitative estimate of drug-likeness (QED) is 0.849. The topological polar surface area (TPSA) is 67.8 Å². The number of amides is 2. The lowest BCUT2D eigenvalue weighted by atomic mass is 10.0. The number of benzene rings is 1. The van der Waals surface area contributed by atoms with E-state index in [0.29, 0.717) is 16.3 Å². The van der Waals surface area contributed by atoms with Crippen molar-refractivity contribution in [3.63, 3.8) is 0 Å². The summed E-state index contributed by atoms with van der Waals surface area (Å²) < 4.78 is 5.74. The molecule has 2 aliphatic carbocycles. The Morgan fingerprint density at radius 2 is 2.04 bits per heavy atom. The highest BCUT2D eigenvalue weighted by Crippen LogP contribution is 2.24. The lowest BCUT2D eigenvalue weighted by molar-refractivity contribution is -0.119. The monoisotopic (exact) mass is 354 g/mol. The lowest BCUT2D eigenvalue weighted by Gasteiger charge is -2.24. The predicted molar refractivity (Wildman–Crippen MR) is 95.1 cm³/mol. The van der Waals surface area contributed by atoms with E-state index in [0.717, 1.165) is 18.4 Å². The number of nitrogens with one attached hydrogen (secondary N) is 1. The van der Waals surface area contributed by atoms with Gasteiger partial charge in [-0.15, -0.1) is 0 Å². The largest absolute Gasteiger partial charge is 0.474 e. The van der Waals surface area contributed by atoms with Gasteiger partial charge in [-0.05, 0) is 54.8 Å². The van der Waals surface area contributed by atoms with Crippen molar-refractivity contribution < 1.29 is 14.3 Å². The Morgan fingerprint density at radius 3 is 2.76 bits per heavy atom. The van der Waals surface area contributed by atoms with Crippen LogP contribution in [-0.2, 0) is 14.3 Å². The van der Waals surface area contributed by atoms with Gasteiger partial charge in [0.25, 0.3) is 5.91 Å². The van der Waals surface area contributed by atoms with Gasteiger partial charge in [-0.3, -0.25) is 9.59 Å². The van der Waals surface area contributed by atoms with E-state index < -0.39 is 12.0 Å². The van der Waals surface area contributed by atoms with Crippen molar-refractivity contribution in [3.05, 3.63) is 64.4 Å². The van der Waals surface area contributed by atoms with E-state index in [1.165, 1.54) is 0 Å². The van der Waals surface area contributed by atoms with Crippen molar-refractivity contribution in [2.24, 2.45) is 4.99 Å². The second-order valence-corrected chi connectivity index (χ2v) is 6.58. The Kier molecular flexibility index (Phi) is 4.01. The van der Waals surface area contributed by atoms with Crippen LogP contribution in [0.15, 0.2) is 58.8 Å². The average Bonchev–Trinajstić information content (AvgIpc) is 3.41. The molecule has 1 aliphatic heterocycles. The van der Waals surface area contributed by atoms with Crippen LogP contribution >= 0.6 is 11.6 Å². The first kappa shape index (κ1) is 15.8. The molecule has 0 bridgehead atoms. The third kappa shape index (κ3) is 3.56. The van der Waals surface area contributed by atoms with E-state index in [2.05, 4.69) is 10.3 Å². The fraction of sp³-hybridized carbons (Fsp3) is 0.211. The molecule has 1 fully saturated rings. The van der Waals surface area contributed by atoms with Crippen LogP contribution < -0.4 is 5.32 Å². The number of ether oxygens (including phenoxy) is 1. The number of hydrogen-bond acceptors (Lipinski definition) is 3. The van der Waals surface area contributed by atoms with Crippen LogP contribution in [0.1, 0.15) is 18.4 Å². The zero-order valence-electron chi connectivity index (χ0n) is 13.2. The highest BCUT2D eigenvalue weighted by Gasteiger charge is 2.30. The Morgan fingerprint density at radius 1 is 1.28 bits per heavy atom. The van der Waals surface area contributed by atoms with Crippen LogP contribution in [0.3, 0.4) is 0 Å². The number of rotatable bonds is 3. The first-order valence-electron chi connectivity index (χ1n) is 8.06. The summed E-state index contributed by atoms with van der Waals surface area (Å²) in [6.07, 6.45) is 8.26. The maximum atomic E-state index is 12.2. The normalized spacial score (nSPS) is 23.5. The Hall–Kier alpha value is -2.66. The summed E-state index contributed by atoms with van der Waals surface area (Å²) in [5.41, 5.74) is 1.73. The van der Waals surface area contributed by atoms with Crippen molar-refractivity contribution in [2.75, 3.05) is 0 Å². The van der Waals surface area contributed by atoms with Gasteiger partial charge >= 0.3 is 5.91 Å². The van der Waals surface area contributed by atoms with Crippen molar-refractivity contribution in [3.8, 4) is 0 Å². The standard InChI is InChI=1S/C19H15ClN2O3/c20-13-4-1-11(2-5-13)9-17-19(24)22-15-10-12(3-8-16(15)25-17)18(23)21-14-6-7-14/h1-5,8-10,14,16H,6-7H2,(H,21,23)/b17-9-. The minimum Gasteiger partial charge on any atom is -0.474 e. The van der Waals surface area contributed by atoms with Crippen molar-refractivity contribution >= 4 is 35.2 Å². The van der Waals surface area contributed by atoms with Crippen LogP contribution in [0.25, 0.3) is 6.08 Å². The van der Waals surface area contributed by atoms with Gasteiger partial charge in [0.1, 0.15) is 0 Å². The molecule has 25 heavy (non-hydrogen) atoms. The first-order chi connectivity index (χ1) is 12.1. The number of aliphatic imine (C=N–C) groups is 1. The average molecular weight is 355 g/mol. The van der Waals surface area contributed by atoms with Crippen LogP contribution in [0.2, 0.25) is 5.02 Å². The fourth-order valence-corrected chi connectivity index (χ4v) is 2.70. The summed E-state index contributed by atoms with van der Waals surface area (Å²) in [4.78, 5) is 28.4. The molecule has 4 rings (SSSR count). The smallest absolute Gasteiger partial charge is 0.312 e. The molecule has 1 saturated carbocycles. The van der Waals surface area contributed by atoms with E-state index in [-0.39, 0.29) is 17.7 Å². The Bertz CT molecular complexity index is 861. The number of halogens is 1. The highest BCUT2D eigenvalue weighted by molar-refractivity contribution is 6.30. The van der Waals surface area contributed by atoms with Crippen molar-refractivity contribution in [1.29, 1.82) is 0 Å². The summed E-state index contributed by atoms with van der Waals surface area (Å²) in [6.45, 7) is 0. The van der Waals surface area contributed by atoms with Gasteiger partial charge in [0, 0.05) is 16.6 Å². The molecule has 2 amide bonds. The molecule has 1 heterocycles. The number of hydrogen-bond donors (Lipinski definition) is 1. The lowest BCUT2D eigenvalue weighted by Crippen LogP contribution is -2.33.